The fraction of sp³-hybridized carbons (Fsp3) is 1.00. The third-order valence-electron chi connectivity index (χ3n) is 5.32. The zero-order valence-electron chi connectivity index (χ0n) is 13.3. The van der Waals surface area contributed by atoms with E-state index in [9.17, 15) is 5.11 Å². The van der Waals surface area contributed by atoms with E-state index in [0.717, 1.165) is 0 Å². The van der Waals surface area contributed by atoms with E-state index in [-0.39, 0.29) is 5.04 Å². The first-order chi connectivity index (χ1) is 8.10. The molecule has 1 aliphatic rings. The molecule has 0 aromatic carbocycles. The number of rotatable bonds is 4. The summed E-state index contributed by atoms with van der Waals surface area (Å²) in [6.45, 7) is 16.3. The molecule has 1 rings (SSSR count). The fourth-order valence-electron chi connectivity index (χ4n) is 2.82. The summed E-state index contributed by atoms with van der Waals surface area (Å²) in [5.41, 5.74) is 0. The van der Waals surface area contributed by atoms with Crippen molar-refractivity contribution in [2.24, 2.45) is 17.8 Å². The van der Waals surface area contributed by atoms with Gasteiger partial charge in [0.25, 0.3) is 0 Å². The molecule has 1 N–H and O–H groups in total. The Morgan fingerprint density at radius 1 is 1.28 bits per heavy atom. The number of aliphatic hydroxyl groups is 1. The van der Waals surface area contributed by atoms with Gasteiger partial charge in [-0.1, -0.05) is 34.6 Å². The Kier molecular flexibility index (Phi) is 5.07. The third-order valence-corrected chi connectivity index (χ3v) is 9.82. The number of aliphatic hydroxyl groups excluding tert-OH is 1. The Morgan fingerprint density at radius 2 is 1.83 bits per heavy atom. The van der Waals surface area contributed by atoms with E-state index in [1.165, 1.54) is 12.8 Å². The van der Waals surface area contributed by atoms with Crippen molar-refractivity contribution < 1.29 is 9.53 Å². The normalized spacial score (nSPS) is 31.7. The molecule has 1 aliphatic carbocycles. The summed E-state index contributed by atoms with van der Waals surface area (Å²) < 4.78 is 6.56. The van der Waals surface area contributed by atoms with Crippen LogP contribution in [0.1, 0.15) is 47.5 Å². The molecular formula is C15H32O2Si. The van der Waals surface area contributed by atoms with Gasteiger partial charge in [-0.3, -0.25) is 0 Å². The molecule has 0 aromatic rings. The van der Waals surface area contributed by atoms with Crippen LogP contribution in [0.2, 0.25) is 18.1 Å². The van der Waals surface area contributed by atoms with Gasteiger partial charge in [-0.2, -0.15) is 0 Å². The van der Waals surface area contributed by atoms with Crippen molar-refractivity contribution in [2.45, 2.75) is 71.7 Å². The Bertz CT molecular complexity index is 270. The van der Waals surface area contributed by atoms with E-state index in [1.54, 1.807) is 0 Å². The van der Waals surface area contributed by atoms with Crippen molar-refractivity contribution in [3.63, 3.8) is 0 Å². The van der Waals surface area contributed by atoms with E-state index < -0.39 is 8.32 Å². The van der Waals surface area contributed by atoms with E-state index in [4.69, 9.17) is 4.43 Å². The maximum absolute atomic E-state index is 9.33. The predicted octanol–water partition coefficient (Wildman–Crippen LogP) is 4.05. The van der Waals surface area contributed by atoms with Crippen LogP contribution in [-0.2, 0) is 4.43 Å². The number of hydrogen-bond acceptors (Lipinski definition) is 2. The van der Waals surface area contributed by atoms with Gasteiger partial charge >= 0.3 is 0 Å². The summed E-state index contributed by atoms with van der Waals surface area (Å²) in [5, 5.41) is 9.61. The lowest BCUT2D eigenvalue weighted by molar-refractivity contribution is 0.106. The highest BCUT2D eigenvalue weighted by molar-refractivity contribution is 6.74. The van der Waals surface area contributed by atoms with E-state index in [2.05, 4.69) is 47.7 Å². The molecule has 18 heavy (non-hydrogen) atoms. The van der Waals surface area contributed by atoms with Crippen LogP contribution in [0.4, 0.5) is 0 Å². The first kappa shape index (κ1) is 16.2. The molecule has 0 spiro atoms. The minimum absolute atomic E-state index is 0.285. The van der Waals surface area contributed by atoms with Gasteiger partial charge in [-0.05, 0) is 48.7 Å². The van der Waals surface area contributed by atoms with Crippen LogP contribution >= 0.6 is 0 Å². The summed E-state index contributed by atoms with van der Waals surface area (Å²) >= 11 is 0. The quantitative estimate of drug-likeness (QED) is 0.782. The highest BCUT2D eigenvalue weighted by Crippen LogP contribution is 2.44. The highest BCUT2D eigenvalue weighted by Gasteiger charge is 2.44. The molecule has 0 aliphatic heterocycles. The van der Waals surface area contributed by atoms with E-state index in [0.29, 0.717) is 30.5 Å². The third kappa shape index (κ3) is 3.37. The minimum atomic E-state index is -1.65. The average molecular weight is 273 g/mol. The second-order valence-electron chi connectivity index (χ2n) is 7.68. The molecule has 2 nitrogen and oxygen atoms in total. The molecule has 0 amide bonds. The van der Waals surface area contributed by atoms with Gasteiger partial charge < -0.3 is 9.53 Å². The van der Waals surface area contributed by atoms with Crippen LogP contribution in [0.25, 0.3) is 0 Å². The maximum atomic E-state index is 9.33. The largest absolute Gasteiger partial charge is 0.414 e. The first-order valence-corrected chi connectivity index (χ1v) is 10.3. The van der Waals surface area contributed by atoms with Crippen molar-refractivity contribution >= 4 is 8.32 Å². The molecule has 0 saturated heterocycles. The first-order valence-electron chi connectivity index (χ1n) is 7.39. The second-order valence-corrected chi connectivity index (χ2v) is 12.4. The molecule has 1 saturated carbocycles. The molecule has 108 valence electrons. The van der Waals surface area contributed by atoms with Gasteiger partial charge in [0.2, 0.25) is 0 Å². The average Bonchev–Trinajstić information content (AvgIpc) is 2.57. The van der Waals surface area contributed by atoms with Crippen LogP contribution in [0.3, 0.4) is 0 Å². The molecule has 1 fully saturated rings. The van der Waals surface area contributed by atoms with Crippen LogP contribution in [0, 0.1) is 17.8 Å². The standard InChI is InChI=1S/C15H32O2Si/c1-11(10-16)13-8-9-14(12(13)2)17-18(6,7)15(3,4)5/h11-14,16H,8-10H2,1-7H3/t11-,12-,13-,14?/m0/s1. The zero-order valence-corrected chi connectivity index (χ0v) is 14.3. The molecule has 0 heterocycles. The molecule has 4 atom stereocenters. The summed E-state index contributed by atoms with van der Waals surface area (Å²) in [6, 6.07) is 0. The zero-order chi connectivity index (χ0) is 14.1. The highest BCUT2D eigenvalue weighted by atomic mass is 28.4. The van der Waals surface area contributed by atoms with Crippen molar-refractivity contribution in [3.8, 4) is 0 Å². The van der Waals surface area contributed by atoms with Crippen molar-refractivity contribution in [3.05, 3.63) is 0 Å². The molecule has 1 unspecified atom stereocenters. The van der Waals surface area contributed by atoms with Gasteiger partial charge in [-0.15, -0.1) is 0 Å². The number of hydrogen-bond donors (Lipinski definition) is 1. The lowest BCUT2D eigenvalue weighted by Gasteiger charge is -2.40. The van der Waals surface area contributed by atoms with E-state index in [1.807, 2.05) is 0 Å². The van der Waals surface area contributed by atoms with Crippen molar-refractivity contribution in [2.75, 3.05) is 6.61 Å². The Balaban J connectivity index is 2.66. The Hall–Kier alpha value is 0.137. The minimum Gasteiger partial charge on any atom is -0.414 e. The second kappa shape index (κ2) is 5.64. The fourth-order valence-corrected chi connectivity index (χ4v) is 4.26. The summed E-state index contributed by atoms with van der Waals surface area (Å²) in [6.07, 6.45) is 2.79. The lowest BCUT2D eigenvalue weighted by Crippen LogP contribution is -2.45. The van der Waals surface area contributed by atoms with Crippen LogP contribution in [0.15, 0.2) is 0 Å². The van der Waals surface area contributed by atoms with Crippen LogP contribution in [-0.4, -0.2) is 26.1 Å². The molecule has 3 heteroatoms. The maximum Gasteiger partial charge on any atom is 0.192 e. The van der Waals surface area contributed by atoms with E-state index >= 15 is 0 Å². The Labute approximate surface area is 114 Å². The summed E-state index contributed by atoms with van der Waals surface area (Å²) in [7, 11) is -1.65. The molecular weight excluding hydrogens is 240 g/mol. The van der Waals surface area contributed by atoms with Gasteiger partial charge in [0, 0.05) is 12.7 Å². The smallest absolute Gasteiger partial charge is 0.192 e. The van der Waals surface area contributed by atoms with Crippen LogP contribution in [0.5, 0.6) is 0 Å². The summed E-state index contributed by atoms with van der Waals surface area (Å²) in [5.74, 6) is 1.62. The van der Waals surface area contributed by atoms with Gasteiger partial charge in [0.05, 0.1) is 0 Å². The topological polar surface area (TPSA) is 29.5 Å². The van der Waals surface area contributed by atoms with Crippen LogP contribution < -0.4 is 0 Å². The van der Waals surface area contributed by atoms with Gasteiger partial charge in [0.15, 0.2) is 8.32 Å². The molecule has 0 bridgehead atoms. The SMILES string of the molecule is C[C@@H]1C(O[Si](C)(C)C(C)(C)C)CC[C@H]1[C@@H](C)CO. The Morgan fingerprint density at radius 3 is 2.28 bits per heavy atom. The molecule has 0 radical (unpaired) electrons. The molecule has 0 aromatic heterocycles. The summed E-state index contributed by atoms with van der Waals surface area (Å²) in [4.78, 5) is 0. The van der Waals surface area contributed by atoms with Crippen molar-refractivity contribution in [1.29, 1.82) is 0 Å². The predicted molar refractivity (Wildman–Crippen MR) is 80.2 cm³/mol. The van der Waals surface area contributed by atoms with Gasteiger partial charge in [0.1, 0.15) is 0 Å². The monoisotopic (exact) mass is 272 g/mol. The van der Waals surface area contributed by atoms with Gasteiger partial charge in [-0.25, -0.2) is 0 Å². The lowest BCUT2D eigenvalue weighted by atomic mass is 9.86. The van der Waals surface area contributed by atoms with Crippen molar-refractivity contribution in [1.82, 2.24) is 0 Å².